The fourth-order valence-electron chi connectivity index (χ4n) is 17.0. The van der Waals surface area contributed by atoms with Crippen molar-refractivity contribution in [2.45, 2.75) is 159 Å². The molecule has 664 valence electrons. The van der Waals surface area contributed by atoms with Crippen LogP contribution in [0.2, 0.25) is 51.4 Å². The van der Waals surface area contributed by atoms with Gasteiger partial charge < -0.3 is 59.2 Å². The van der Waals surface area contributed by atoms with Gasteiger partial charge in [0.1, 0.15) is 50.5 Å². The summed E-state index contributed by atoms with van der Waals surface area (Å²) in [4.78, 5) is 74.3. The SMILES string of the molecule is COCC(=O)Cl.COCC(=O)N1CC2CCC(C1)N2Cc1ccc2cc(Oc3ccc(-c4ccn[nH]4)cn3)ccc2n1.COCC(=O)N1CC2CCC(C1)N2Cc1ccc2cc(Oc3ccc(-c4ccnn4COCC[Si](C)(C)C)cn3)ccc2n1.C[Si](C)(C)CCOCn1nccc1-c1ccc(Oc2ccc3nc(CN4C5CCC4CNC5)ccc3c2)nc1.N. The number of aromatic amines is 1. The van der Waals surface area contributed by atoms with Crippen LogP contribution in [0.4, 0.5) is 0 Å². The van der Waals surface area contributed by atoms with Crippen LogP contribution in [0.25, 0.3) is 66.5 Å². The monoisotopic (exact) mass is 1770 g/mol. The predicted octanol–water partition coefficient (Wildman–Crippen LogP) is 15.1. The number of H-pyrrole nitrogens is 1. The molecule has 126 heavy (non-hydrogen) atoms. The Morgan fingerprint density at radius 2 is 0.810 bits per heavy atom. The number of nitrogens with one attached hydrogen (secondary N) is 2. The van der Waals surface area contributed by atoms with Crippen LogP contribution in [0.1, 0.15) is 55.6 Å². The number of halogens is 1. The number of benzene rings is 3. The Hall–Kier alpha value is -10.7. The van der Waals surface area contributed by atoms with Crippen LogP contribution >= 0.6 is 11.6 Å². The largest absolute Gasteiger partial charge is 0.439 e. The van der Waals surface area contributed by atoms with Crippen molar-refractivity contribution in [3.63, 3.8) is 0 Å². The number of methoxy groups -OCH3 is 3. The van der Waals surface area contributed by atoms with Gasteiger partial charge in [0.25, 0.3) is 0 Å². The van der Waals surface area contributed by atoms with Crippen LogP contribution in [0.15, 0.2) is 183 Å². The summed E-state index contributed by atoms with van der Waals surface area (Å²) < 4.78 is 48.1. The number of ether oxygens (including phenoxy) is 8. The lowest BCUT2D eigenvalue weighted by molar-refractivity contribution is -0.139. The highest BCUT2D eigenvalue weighted by molar-refractivity contribution is 6.76. The van der Waals surface area contributed by atoms with E-state index in [1.807, 2.05) is 135 Å². The normalized spacial score (nSPS) is 18.6. The molecule has 9 aromatic heterocycles. The average molecular weight is 1770 g/mol. The molecule has 0 aliphatic carbocycles. The van der Waals surface area contributed by atoms with E-state index in [4.69, 9.17) is 59.7 Å². The lowest BCUT2D eigenvalue weighted by Crippen LogP contribution is -2.55. The molecular formula is C93H116ClN19O11Si2. The van der Waals surface area contributed by atoms with Gasteiger partial charge in [-0.15, -0.1) is 0 Å². The minimum Gasteiger partial charge on any atom is -0.439 e. The number of rotatable bonds is 31. The number of piperazine rings is 3. The zero-order valence-electron chi connectivity index (χ0n) is 73.5. The Morgan fingerprint density at radius 1 is 0.437 bits per heavy atom. The maximum atomic E-state index is 12.4. The number of hydrogen-bond acceptors (Lipinski definition) is 25. The van der Waals surface area contributed by atoms with E-state index in [2.05, 4.69) is 136 Å². The van der Waals surface area contributed by atoms with Crippen molar-refractivity contribution in [3.8, 4) is 68.7 Å². The number of likely N-dealkylation sites (tertiary alicyclic amines) is 2. The second kappa shape index (κ2) is 42.7. The second-order valence-electron chi connectivity index (χ2n) is 35.1. The molecule has 0 saturated carbocycles. The zero-order valence-corrected chi connectivity index (χ0v) is 76.2. The van der Waals surface area contributed by atoms with E-state index >= 15 is 0 Å². The summed E-state index contributed by atoms with van der Waals surface area (Å²) in [5, 5.41) is 21.9. The summed E-state index contributed by atoms with van der Waals surface area (Å²) in [6.07, 6.45) is 17.7. The van der Waals surface area contributed by atoms with Crippen molar-refractivity contribution in [2.24, 2.45) is 0 Å². The minimum atomic E-state index is -1.13. The van der Waals surface area contributed by atoms with Gasteiger partial charge in [-0.05, 0) is 171 Å². The Balaban J connectivity index is 0.000000148. The minimum absolute atomic E-state index is 0. The third-order valence-corrected chi connectivity index (χ3v) is 27.1. The van der Waals surface area contributed by atoms with Gasteiger partial charge >= 0.3 is 0 Å². The molecule has 6 bridgehead atoms. The average Bonchev–Trinajstić information content (AvgIpc) is 1.56. The molecule has 6 aliphatic heterocycles. The van der Waals surface area contributed by atoms with Crippen molar-refractivity contribution in [1.29, 1.82) is 0 Å². The van der Waals surface area contributed by atoms with Crippen LogP contribution in [-0.4, -0.2) is 247 Å². The molecular weight excluding hydrogens is 1650 g/mol. The number of pyridine rings is 6. The summed E-state index contributed by atoms with van der Waals surface area (Å²) in [7, 11) is 2.32. The highest BCUT2D eigenvalue weighted by atomic mass is 35.5. The van der Waals surface area contributed by atoms with E-state index in [-0.39, 0.29) is 37.8 Å². The smallest absolute Gasteiger partial charge is 0.248 e. The molecule has 0 radical (unpaired) electrons. The lowest BCUT2D eigenvalue weighted by Gasteiger charge is -2.40. The first kappa shape index (κ1) is 91.5. The Morgan fingerprint density at radius 3 is 1.14 bits per heavy atom. The van der Waals surface area contributed by atoms with E-state index in [0.29, 0.717) is 78.9 Å². The number of amides is 2. The third kappa shape index (κ3) is 24.3. The van der Waals surface area contributed by atoms with Gasteiger partial charge in [0, 0.05) is 234 Å². The number of hydrogen-bond donors (Lipinski definition) is 3. The Kier molecular flexibility index (Phi) is 31.0. The van der Waals surface area contributed by atoms with Gasteiger partial charge in [-0.25, -0.2) is 24.3 Å². The van der Waals surface area contributed by atoms with Crippen LogP contribution in [0.5, 0.6) is 34.9 Å². The molecule has 2 amide bonds. The first-order valence-corrected chi connectivity index (χ1v) is 50.9. The summed E-state index contributed by atoms with van der Waals surface area (Å²) in [6.45, 7) is 24.5. The first-order chi connectivity index (χ1) is 60.6. The summed E-state index contributed by atoms with van der Waals surface area (Å²) in [5.74, 6) is 3.94. The van der Waals surface area contributed by atoms with Gasteiger partial charge in [0.2, 0.25) is 34.7 Å². The highest BCUT2D eigenvalue weighted by Gasteiger charge is 2.43. The van der Waals surface area contributed by atoms with Crippen molar-refractivity contribution in [2.75, 3.05) is 93.6 Å². The number of nitrogens with zero attached hydrogens (tertiary/aromatic N) is 16. The van der Waals surface area contributed by atoms with Gasteiger partial charge in [0.05, 0.1) is 50.7 Å². The van der Waals surface area contributed by atoms with E-state index in [1.165, 1.54) is 20.0 Å². The van der Waals surface area contributed by atoms with Crippen LogP contribution < -0.4 is 25.7 Å². The topological polar surface area (TPSA) is 330 Å². The maximum absolute atomic E-state index is 12.4. The third-order valence-electron chi connectivity index (χ3n) is 23.6. The number of carbonyl (C=O) groups excluding carboxylic acids is 3. The summed E-state index contributed by atoms with van der Waals surface area (Å²) in [6, 6.07) is 53.0. The van der Waals surface area contributed by atoms with E-state index in [1.54, 1.807) is 45.2 Å². The van der Waals surface area contributed by atoms with E-state index in [0.717, 1.165) is 199 Å². The molecule has 30 nitrogen and oxygen atoms in total. The van der Waals surface area contributed by atoms with Gasteiger partial charge in [-0.2, -0.15) is 15.3 Å². The van der Waals surface area contributed by atoms with E-state index in [9.17, 15) is 14.4 Å². The molecule has 6 saturated heterocycles. The number of aromatic nitrogens is 12. The fourth-order valence-corrected chi connectivity index (χ4v) is 18.6. The zero-order chi connectivity index (χ0) is 87.0. The standard InChI is InChI=1S/C33H42N6O4Si.C30H38N6O2Si.C27H28N6O3.C3H5ClO2.H3N/c1-41-22-33(40)37-20-27-8-9-28(21-37)38(27)19-26-7-5-24-17-29(10-11-30(24)36-26)43-32-12-6-25(18-34-32)31-13-14-35-39(31)23-42-15-16-44(2,3)4;1-39(2,3)15-14-37-21-36-29(12-13-33-36)23-5-11-30(32-17-23)38-27-9-10-28-22(16-27)4-6-24(34-28)20-35-25-7-8-26(35)19-31-18-25;1-35-17-27(34)32-15-21-5-6-22(16-32)33(21)14-20-4-2-18-12-23(7-8-24(18)30-20)36-26-9-3-19(13-28-26)25-10-11-29-31-25;1-6-2-3(4)5;/h5-7,10-14,17-18,27-28H,8-9,15-16,19-23H2,1-4H3;4-6,9-13,16-17,25-26,31H,7-8,14-15,18-21H2,1-3H3;2-4,7-13,21-22H,5-6,14-17H2,1H3,(H,29,31);2H2,1H3;1H3. The van der Waals surface area contributed by atoms with Crippen molar-refractivity contribution in [1.82, 2.24) is 95.6 Å². The number of carbonyl (C=O) groups is 3. The highest BCUT2D eigenvalue weighted by Crippen LogP contribution is 2.37. The van der Waals surface area contributed by atoms with Gasteiger partial charge in [0.15, 0.2) is 0 Å². The Bertz CT molecular complexity index is 5550. The van der Waals surface area contributed by atoms with Crippen LogP contribution in [0.3, 0.4) is 0 Å². The van der Waals surface area contributed by atoms with Crippen molar-refractivity contribution in [3.05, 3.63) is 200 Å². The Labute approximate surface area is 742 Å². The van der Waals surface area contributed by atoms with E-state index < -0.39 is 21.4 Å². The molecule has 3 aromatic carbocycles. The molecule has 18 rings (SSSR count). The molecule has 15 heterocycles. The predicted molar refractivity (Wildman–Crippen MR) is 491 cm³/mol. The fraction of sp³-hybridized carbons (Fsp3) is 0.419. The molecule has 6 atom stereocenters. The molecule has 6 fully saturated rings. The van der Waals surface area contributed by atoms with Crippen molar-refractivity contribution < 1.29 is 52.3 Å². The summed E-state index contributed by atoms with van der Waals surface area (Å²) >= 11 is 4.81. The van der Waals surface area contributed by atoms with Gasteiger partial charge in [-0.1, -0.05) is 57.5 Å². The summed E-state index contributed by atoms with van der Waals surface area (Å²) in [5.41, 5.74) is 11.8. The quantitative estimate of drug-likeness (QED) is 0.0206. The molecule has 5 N–H and O–H groups in total. The van der Waals surface area contributed by atoms with Crippen LogP contribution in [0, 0.1) is 0 Å². The molecule has 12 aromatic rings. The maximum Gasteiger partial charge on any atom is 0.248 e. The first-order valence-electron chi connectivity index (χ1n) is 43.1. The van der Waals surface area contributed by atoms with Gasteiger partial charge in [-0.3, -0.25) is 49.1 Å². The van der Waals surface area contributed by atoms with Crippen LogP contribution in [-0.2, 0) is 71.2 Å². The molecule has 0 spiro atoms. The lowest BCUT2D eigenvalue weighted by atomic mass is 10.1. The second-order valence-corrected chi connectivity index (χ2v) is 46.8. The molecule has 6 unspecified atom stereocenters. The molecule has 6 aliphatic rings. The molecule has 33 heteroatoms. The van der Waals surface area contributed by atoms with Crippen molar-refractivity contribution >= 4 is 77.5 Å². The number of fused-ring (bicyclic) bond motifs is 9.